The summed E-state index contributed by atoms with van der Waals surface area (Å²) in [6.45, 7) is 0.743. The Morgan fingerprint density at radius 2 is 1.96 bits per heavy atom. The van der Waals surface area contributed by atoms with Crippen molar-refractivity contribution in [2.75, 3.05) is 27.4 Å². The molecule has 1 aromatic carbocycles. The van der Waals surface area contributed by atoms with Gasteiger partial charge in [-0.05, 0) is 30.7 Å². The van der Waals surface area contributed by atoms with E-state index in [1.54, 1.807) is 43.5 Å². The van der Waals surface area contributed by atoms with Crippen LogP contribution in [0, 0.1) is 0 Å². The van der Waals surface area contributed by atoms with E-state index in [1.807, 2.05) is 0 Å². The predicted octanol–water partition coefficient (Wildman–Crippen LogP) is 2.75. The van der Waals surface area contributed by atoms with E-state index in [2.05, 4.69) is 0 Å². The van der Waals surface area contributed by atoms with Crippen LogP contribution in [0.4, 0.5) is 0 Å². The number of carbonyl (C=O) groups is 2. The van der Waals surface area contributed by atoms with E-state index in [4.69, 9.17) is 13.9 Å². The van der Waals surface area contributed by atoms with Gasteiger partial charge in [0.25, 0.3) is 11.7 Å². The number of ketones is 1. The molecule has 2 aromatic rings. The monoisotopic (exact) mass is 371 g/mol. The number of hydrogen-bond donors (Lipinski definition) is 1. The van der Waals surface area contributed by atoms with Gasteiger partial charge >= 0.3 is 0 Å². The topological polar surface area (TPSA) is 89.2 Å². The van der Waals surface area contributed by atoms with Gasteiger partial charge in [0.15, 0.2) is 0 Å². The molecule has 1 aliphatic heterocycles. The van der Waals surface area contributed by atoms with E-state index in [0.29, 0.717) is 36.6 Å². The van der Waals surface area contributed by atoms with E-state index in [0.717, 1.165) is 0 Å². The molecule has 1 unspecified atom stereocenters. The number of furan rings is 1. The third-order valence-electron chi connectivity index (χ3n) is 4.46. The number of aliphatic hydroxyl groups is 1. The fraction of sp³-hybridized carbons (Fsp3) is 0.300. The first-order valence-corrected chi connectivity index (χ1v) is 8.54. The molecule has 0 bridgehead atoms. The molecule has 1 atom stereocenters. The van der Waals surface area contributed by atoms with Crippen LogP contribution in [0.25, 0.3) is 5.76 Å². The summed E-state index contributed by atoms with van der Waals surface area (Å²) >= 11 is 0. The van der Waals surface area contributed by atoms with Crippen LogP contribution in [-0.2, 0) is 14.3 Å². The van der Waals surface area contributed by atoms with Crippen LogP contribution in [0.5, 0.6) is 5.75 Å². The van der Waals surface area contributed by atoms with Crippen molar-refractivity contribution >= 4 is 17.4 Å². The average molecular weight is 371 g/mol. The van der Waals surface area contributed by atoms with E-state index in [-0.39, 0.29) is 11.3 Å². The molecule has 3 rings (SSSR count). The normalized spacial score (nSPS) is 18.9. The standard InChI is InChI=1S/C20H21NO6/c1-25-11-6-10-21-17(15-9-5-12-27-15)16(19(23)20(21)24)18(22)13-7-3-4-8-14(13)26-2/h3-5,7-9,12,17,22H,6,10-11H2,1-2H3/b18-16-. The number of para-hydroxylation sites is 1. The lowest BCUT2D eigenvalue weighted by molar-refractivity contribution is -0.140. The molecule has 7 nitrogen and oxygen atoms in total. The van der Waals surface area contributed by atoms with Crippen LogP contribution in [0.15, 0.2) is 52.7 Å². The minimum atomic E-state index is -0.804. The van der Waals surface area contributed by atoms with Gasteiger partial charge in [0, 0.05) is 20.3 Å². The number of carbonyl (C=O) groups excluding carboxylic acids is 2. The zero-order valence-corrected chi connectivity index (χ0v) is 15.2. The SMILES string of the molecule is COCCCN1C(=O)C(=O)/C(=C(\O)c2ccccc2OC)C1c1ccco1. The molecule has 2 heterocycles. The number of benzene rings is 1. The number of hydrogen-bond acceptors (Lipinski definition) is 6. The van der Waals surface area contributed by atoms with Gasteiger partial charge in [-0.1, -0.05) is 12.1 Å². The van der Waals surface area contributed by atoms with Crippen LogP contribution < -0.4 is 4.74 Å². The smallest absolute Gasteiger partial charge is 0.295 e. The van der Waals surface area contributed by atoms with Crippen molar-refractivity contribution in [2.45, 2.75) is 12.5 Å². The van der Waals surface area contributed by atoms with Crippen molar-refractivity contribution in [2.24, 2.45) is 0 Å². The minimum absolute atomic E-state index is 0.0168. The van der Waals surface area contributed by atoms with Crippen LogP contribution in [-0.4, -0.2) is 49.1 Å². The van der Waals surface area contributed by atoms with Crippen molar-refractivity contribution < 1.29 is 28.6 Å². The maximum absolute atomic E-state index is 12.7. The summed E-state index contributed by atoms with van der Waals surface area (Å²) in [7, 11) is 3.04. The Kier molecular flexibility index (Phi) is 5.61. The number of ether oxygens (including phenoxy) is 2. The van der Waals surface area contributed by atoms with Gasteiger partial charge in [0.2, 0.25) is 0 Å². The van der Waals surface area contributed by atoms with Gasteiger partial charge in [-0.3, -0.25) is 9.59 Å². The highest BCUT2D eigenvalue weighted by atomic mass is 16.5. The van der Waals surface area contributed by atoms with Crippen LogP contribution >= 0.6 is 0 Å². The Hall–Kier alpha value is -3.06. The molecule has 27 heavy (non-hydrogen) atoms. The zero-order chi connectivity index (χ0) is 19.4. The number of rotatable bonds is 7. The summed E-state index contributed by atoms with van der Waals surface area (Å²) in [4.78, 5) is 26.8. The first kappa shape index (κ1) is 18.7. The van der Waals surface area contributed by atoms with Gasteiger partial charge in [0.05, 0.1) is 24.5 Å². The predicted molar refractivity (Wildman–Crippen MR) is 97.2 cm³/mol. The molecule has 1 aliphatic rings. The molecule has 1 saturated heterocycles. The lowest BCUT2D eigenvalue weighted by Gasteiger charge is -2.23. The zero-order valence-electron chi connectivity index (χ0n) is 15.2. The van der Waals surface area contributed by atoms with Crippen molar-refractivity contribution in [1.29, 1.82) is 0 Å². The summed E-state index contributed by atoms with van der Waals surface area (Å²) in [6.07, 6.45) is 2.02. The third kappa shape index (κ3) is 3.46. The Balaban J connectivity index is 2.11. The number of aliphatic hydroxyl groups excluding tert-OH is 1. The maximum Gasteiger partial charge on any atom is 0.295 e. The largest absolute Gasteiger partial charge is 0.507 e. The Labute approximate surface area is 156 Å². The second-order valence-corrected chi connectivity index (χ2v) is 6.05. The maximum atomic E-state index is 12.7. The van der Waals surface area contributed by atoms with Crippen LogP contribution in [0.2, 0.25) is 0 Å². The Bertz CT molecular complexity index is 855. The fourth-order valence-corrected chi connectivity index (χ4v) is 3.22. The van der Waals surface area contributed by atoms with Gasteiger partial charge in [-0.2, -0.15) is 0 Å². The summed E-state index contributed by atoms with van der Waals surface area (Å²) in [5.41, 5.74) is 0.323. The minimum Gasteiger partial charge on any atom is -0.507 e. The van der Waals surface area contributed by atoms with E-state index < -0.39 is 17.7 Å². The van der Waals surface area contributed by atoms with Crippen molar-refractivity contribution in [3.8, 4) is 5.75 Å². The number of amides is 1. The second-order valence-electron chi connectivity index (χ2n) is 6.05. The number of nitrogens with zero attached hydrogens (tertiary/aromatic N) is 1. The molecule has 0 radical (unpaired) electrons. The van der Waals surface area contributed by atoms with Crippen molar-refractivity contribution in [3.05, 3.63) is 59.6 Å². The lowest BCUT2D eigenvalue weighted by atomic mass is 9.99. The van der Waals surface area contributed by atoms with Gasteiger partial charge in [-0.15, -0.1) is 0 Å². The van der Waals surface area contributed by atoms with Crippen molar-refractivity contribution in [3.63, 3.8) is 0 Å². The first-order valence-electron chi connectivity index (χ1n) is 8.54. The first-order chi connectivity index (χ1) is 13.1. The number of likely N-dealkylation sites (tertiary alicyclic amines) is 1. The third-order valence-corrected chi connectivity index (χ3v) is 4.46. The summed E-state index contributed by atoms with van der Waals surface area (Å²) in [6, 6.07) is 9.32. The quantitative estimate of drug-likeness (QED) is 0.348. The molecule has 1 N–H and O–H groups in total. The number of Topliss-reactive ketones (excluding diaryl/α,β-unsaturated/α-hetero) is 1. The molecule has 1 aromatic heterocycles. The fourth-order valence-electron chi connectivity index (χ4n) is 3.22. The molecule has 0 saturated carbocycles. The van der Waals surface area contributed by atoms with Gasteiger partial charge in [-0.25, -0.2) is 0 Å². The van der Waals surface area contributed by atoms with Crippen molar-refractivity contribution in [1.82, 2.24) is 4.90 Å². The molecule has 142 valence electrons. The summed E-state index contributed by atoms with van der Waals surface area (Å²) in [5.74, 6) is -0.913. The van der Waals surface area contributed by atoms with Crippen LogP contribution in [0.1, 0.15) is 23.8 Å². The second kappa shape index (κ2) is 8.09. The van der Waals surface area contributed by atoms with Gasteiger partial charge in [0.1, 0.15) is 23.3 Å². The highest BCUT2D eigenvalue weighted by molar-refractivity contribution is 6.46. The molecule has 7 heteroatoms. The van der Waals surface area contributed by atoms with E-state index in [9.17, 15) is 14.7 Å². The van der Waals surface area contributed by atoms with Gasteiger partial charge < -0.3 is 23.9 Å². The highest BCUT2D eigenvalue weighted by Gasteiger charge is 2.47. The number of methoxy groups -OCH3 is 2. The highest BCUT2D eigenvalue weighted by Crippen LogP contribution is 2.40. The molecule has 1 fully saturated rings. The molecule has 1 amide bonds. The summed E-state index contributed by atoms with van der Waals surface area (Å²) < 4.78 is 15.8. The lowest BCUT2D eigenvalue weighted by Crippen LogP contribution is -2.31. The molecule has 0 aliphatic carbocycles. The molecule has 0 spiro atoms. The Morgan fingerprint density at radius 3 is 2.63 bits per heavy atom. The molecular formula is C20H21NO6. The van der Waals surface area contributed by atoms with E-state index >= 15 is 0 Å². The van der Waals surface area contributed by atoms with E-state index in [1.165, 1.54) is 18.3 Å². The Morgan fingerprint density at radius 1 is 1.19 bits per heavy atom. The average Bonchev–Trinajstić information content (AvgIpc) is 3.30. The summed E-state index contributed by atoms with van der Waals surface area (Å²) in [5, 5.41) is 10.9. The van der Waals surface area contributed by atoms with Crippen LogP contribution in [0.3, 0.4) is 0 Å². The molecular weight excluding hydrogens is 350 g/mol.